The largest absolute Gasteiger partial charge is 1.00 e. The van der Waals surface area contributed by atoms with Crippen molar-refractivity contribution in [1.29, 1.82) is 0 Å². The molecule has 0 spiro atoms. The summed E-state index contributed by atoms with van der Waals surface area (Å²) in [7, 11) is -4.31. The minimum atomic E-state index is -4.31. The van der Waals surface area contributed by atoms with Crippen LogP contribution < -0.4 is 29.6 Å². The van der Waals surface area contributed by atoms with Gasteiger partial charge in [0.05, 0.1) is 4.90 Å². The summed E-state index contributed by atoms with van der Waals surface area (Å²) in [5, 5.41) is 0. The van der Waals surface area contributed by atoms with Gasteiger partial charge in [0.25, 0.3) is 0 Å². The van der Waals surface area contributed by atoms with Crippen LogP contribution in [0.15, 0.2) is 29.2 Å². The predicted molar refractivity (Wildman–Crippen MR) is 75.4 cm³/mol. The van der Waals surface area contributed by atoms with Crippen LogP contribution in [0.3, 0.4) is 0 Å². The van der Waals surface area contributed by atoms with Crippen LogP contribution in [-0.2, 0) is 16.5 Å². The van der Waals surface area contributed by atoms with Crippen LogP contribution >= 0.6 is 22.6 Å². The Labute approximate surface area is 145 Å². The van der Waals surface area contributed by atoms with Crippen molar-refractivity contribution in [3.05, 3.63) is 29.8 Å². The Bertz CT molecular complexity index is 445. The summed E-state index contributed by atoms with van der Waals surface area (Å²) in [6, 6.07) is 6.23. The predicted octanol–water partition coefficient (Wildman–Crippen LogP) is 0.131. The summed E-state index contributed by atoms with van der Waals surface area (Å²) in [5.41, 5.74) is 1.08. The first-order valence-electron chi connectivity index (χ1n) is 5.62. The van der Waals surface area contributed by atoms with Gasteiger partial charge in [-0.1, -0.05) is 54.5 Å². The monoisotopic (exact) mass is 390 g/mol. The van der Waals surface area contributed by atoms with Crippen molar-refractivity contribution in [3.8, 4) is 0 Å². The minimum absolute atomic E-state index is 0. The summed E-state index contributed by atoms with van der Waals surface area (Å²) >= 11 is 2.41. The van der Waals surface area contributed by atoms with Crippen molar-refractivity contribution < 1.29 is 42.5 Å². The second kappa shape index (κ2) is 8.92. The molecule has 0 fully saturated rings. The van der Waals surface area contributed by atoms with Gasteiger partial charge >= 0.3 is 29.6 Å². The molecule has 0 heterocycles. The fourth-order valence-corrected chi connectivity index (χ4v) is 2.99. The Morgan fingerprint density at radius 2 is 1.83 bits per heavy atom. The number of benzene rings is 1. The molecule has 0 aliphatic carbocycles. The molecule has 3 nitrogen and oxygen atoms in total. The molecule has 1 aromatic rings. The first-order valence-corrected chi connectivity index (χ1v) is 8.27. The van der Waals surface area contributed by atoms with Crippen LogP contribution in [0.5, 0.6) is 0 Å². The fourth-order valence-electron chi connectivity index (χ4n) is 1.58. The zero-order valence-corrected chi connectivity index (χ0v) is 15.7. The molecule has 0 aliphatic heterocycles. The van der Waals surface area contributed by atoms with Crippen molar-refractivity contribution in [1.82, 2.24) is 0 Å². The van der Waals surface area contributed by atoms with E-state index in [1.165, 1.54) is 31.4 Å². The molecule has 0 aromatic heterocycles. The van der Waals surface area contributed by atoms with Gasteiger partial charge in [-0.3, -0.25) is 0 Å². The van der Waals surface area contributed by atoms with Crippen molar-refractivity contribution in [2.75, 3.05) is 0 Å². The Morgan fingerprint density at radius 1 is 1.28 bits per heavy atom. The maximum Gasteiger partial charge on any atom is 1.00 e. The topological polar surface area (TPSA) is 57.2 Å². The molecule has 1 rings (SSSR count). The quantitative estimate of drug-likeness (QED) is 0.300. The van der Waals surface area contributed by atoms with E-state index in [-0.39, 0.29) is 34.5 Å². The first kappa shape index (κ1) is 18.9. The third-order valence-corrected chi connectivity index (χ3v) is 4.45. The van der Waals surface area contributed by atoms with Crippen molar-refractivity contribution in [3.63, 3.8) is 0 Å². The summed E-state index contributed by atoms with van der Waals surface area (Å²) in [6.07, 6.45) is 4.48. The molecule has 0 amide bonds. The standard InChI is InChI=1S/C12H17IO3S.Na/c1-2-3-4-11(13)9-10-5-7-12(8-6-10)17(14,15)16;/h5-8,11H,2-4,9H2,1H3,(H,14,15,16);/q;+1/p-1. The van der Waals surface area contributed by atoms with Gasteiger partial charge in [0.1, 0.15) is 10.1 Å². The fraction of sp³-hybridized carbons (Fsp3) is 0.500. The van der Waals surface area contributed by atoms with E-state index in [1.807, 2.05) is 0 Å². The Kier molecular flexibility index (Phi) is 9.34. The van der Waals surface area contributed by atoms with Crippen LogP contribution in [0.1, 0.15) is 31.7 Å². The van der Waals surface area contributed by atoms with Gasteiger partial charge in [0.15, 0.2) is 0 Å². The van der Waals surface area contributed by atoms with E-state index >= 15 is 0 Å². The molecule has 0 radical (unpaired) electrons. The number of hydrogen-bond acceptors (Lipinski definition) is 3. The first-order chi connectivity index (χ1) is 7.93. The molecule has 1 aromatic carbocycles. The van der Waals surface area contributed by atoms with Gasteiger partial charge in [0, 0.05) is 3.92 Å². The number of alkyl halides is 1. The van der Waals surface area contributed by atoms with Crippen molar-refractivity contribution in [2.24, 2.45) is 0 Å². The van der Waals surface area contributed by atoms with E-state index in [1.54, 1.807) is 12.1 Å². The van der Waals surface area contributed by atoms with Gasteiger partial charge in [-0.05, 0) is 30.5 Å². The summed E-state index contributed by atoms with van der Waals surface area (Å²) in [6.45, 7) is 2.16. The molecule has 0 bridgehead atoms. The Hall–Kier alpha value is 0.860. The van der Waals surface area contributed by atoms with E-state index in [0.29, 0.717) is 3.92 Å². The maximum atomic E-state index is 10.8. The van der Waals surface area contributed by atoms with E-state index in [0.717, 1.165) is 12.0 Å². The van der Waals surface area contributed by atoms with E-state index in [4.69, 9.17) is 0 Å². The van der Waals surface area contributed by atoms with E-state index < -0.39 is 10.1 Å². The van der Waals surface area contributed by atoms with Crippen LogP contribution in [0.25, 0.3) is 0 Å². The zero-order chi connectivity index (χ0) is 12.9. The second-order valence-corrected chi connectivity index (χ2v) is 7.18. The van der Waals surface area contributed by atoms with Gasteiger partial charge in [0.2, 0.25) is 0 Å². The molecule has 96 valence electrons. The number of hydrogen-bond donors (Lipinski definition) is 0. The summed E-state index contributed by atoms with van der Waals surface area (Å²) in [5.74, 6) is 0. The second-order valence-electron chi connectivity index (χ2n) is 4.04. The average molecular weight is 390 g/mol. The zero-order valence-electron chi connectivity index (χ0n) is 10.7. The molecule has 0 aliphatic rings. The number of unbranched alkanes of at least 4 members (excludes halogenated alkanes) is 1. The van der Waals surface area contributed by atoms with Crippen LogP contribution in [0.4, 0.5) is 0 Å². The molecule has 1 atom stereocenters. The molecule has 0 N–H and O–H groups in total. The molecule has 0 saturated heterocycles. The minimum Gasteiger partial charge on any atom is -0.744 e. The van der Waals surface area contributed by atoms with Gasteiger partial charge in [-0.25, -0.2) is 8.42 Å². The normalized spacial score (nSPS) is 12.8. The van der Waals surface area contributed by atoms with Gasteiger partial charge < -0.3 is 4.55 Å². The SMILES string of the molecule is CCCCC(I)Cc1ccc(S(=O)(=O)[O-])cc1.[Na+]. The van der Waals surface area contributed by atoms with Crippen LogP contribution in [0.2, 0.25) is 0 Å². The third-order valence-electron chi connectivity index (χ3n) is 2.54. The van der Waals surface area contributed by atoms with Crippen LogP contribution in [0, 0.1) is 0 Å². The van der Waals surface area contributed by atoms with E-state index in [2.05, 4.69) is 29.5 Å². The van der Waals surface area contributed by atoms with E-state index in [9.17, 15) is 13.0 Å². The molecular formula is C12H16INaO3S. The Morgan fingerprint density at radius 3 is 2.28 bits per heavy atom. The molecule has 1 unspecified atom stereocenters. The number of rotatable bonds is 6. The molecule has 18 heavy (non-hydrogen) atoms. The number of halogens is 1. The van der Waals surface area contributed by atoms with Crippen LogP contribution in [-0.4, -0.2) is 16.9 Å². The van der Waals surface area contributed by atoms with Gasteiger partial charge in [-0.2, -0.15) is 0 Å². The smallest absolute Gasteiger partial charge is 0.744 e. The molecule has 6 heteroatoms. The summed E-state index contributed by atoms with van der Waals surface area (Å²) < 4.78 is 32.8. The van der Waals surface area contributed by atoms with Gasteiger partial charge in [-0.15, -0.1) is 0 Å². The van der Waals surface area contributed by atoms with Crippen molar-refractivity contribution >= 4 is 32.7 Å². The Balaban J connectivity index is 0.00000289. The summed E-state index contributed by atoms with van der Waals surface area (Å²) in [4.78, 5) is -0.153. The molecular weight excluding hydrogens is 374 g/mol. The molecule has 0 saturated carbocycles. The van der Waals surface area contributed by atoms with Crippen molar-refractivity contribution in [2.45, 2.75) is 41.4 Å². The third kappa shape index (κ3) is 6.86. The maximum absolute atomic E-state index is 10.8. The average Bonchev–Trinajstić information content (AvgIpc) is 2.26.